The molecule has 0 saturated carbocycles. The van der Waals surface area contributed by atoms with Crippen molar-refractivity contribution in [2.75, 3.05) is 139 Å². The number of carbonyl (C=O) groups is 6. The molecule has 5 aromatic heterocycles. The molecule has 2 amide bonds. The third-order valence-corrected chi connectivity index (χ3v) is 13.1. The molecule has 1 unspecified atom stereocenters. The minimum Gasteiger partial charge on any atom is -0.491 e. The van der Waals surface area contributed by atoms with E-state index in [-0.39, 0.29) is 140 Å². The zero-order valence-corrected chi connectivity index (χ0v) is 52.4. The van der Waals surface area contributed by atoms with Gasteiger partial charge >= 0.3 is 23.9 Å². The lowest BCUT2D eigenvalue weighted by molar-refractivity contribution is -0.123. The number of amides is 2. The molecule has 0 bridgehead atoms. The summed E-state index contributed by atoms with van der Waals surface area (Å²) in [6.45, 7) is 7.75. The maximum absolute atomic E-state index is 12.5. The van der Waals surface area contributed by atoms with E-state index in [1.165, 1.54) is 24.3 Å². The summed E-state index contributed by atoms with van der Waals surface area (Å²) in [5.74, 6) is -4.89. The molecule has 5 rings (SSSR count). The summed E-state index contributed by atoms with van der Waals surface area (Å²) in [5, 5.41) is 44.5. The number of aromatic carboxylic acids is 4. The maximum Gasteiger partial charge on any atom is 0.354 e. The lowest BCUT2D eigenvalue weighted by Gasteiger charge is -2.24. The number of carboxylic acids is 4. The molecule has 0 aliphatic rings. The van der Waals surface area contributed by atoms with E-state index in [4.69, 9.17) is 58.1 Å². The van der Waals surface area contributed by atoms with Crippen LogP contribution in [0.3, 0.4) is 0 Å². The fourth-order valence-electron chi connectivity index (χ4n) is 8.68. The van der Waals surface area contributed by atoms with Crippen LogP contribution < -0.4 is 21.1 Å². The monoisotopic (exact) mass is 1300 g/mol. The van der Waals surface area contributed by atoms with Crippen LogP contribution in [0.2, 0.25) is 0 Å². The lowest BCUT2D eigenvalue weighted by atomic mass is 10.1. The molecule has 30 heteroatoms. The highest BCUT2D eigenvalue weighted by molar-refractivity contribution is 5.86. The second kappa shape index (κ2) is 45.2. The molecule has 0 aromatic carbocycles. The molecule has 0 aliphatic carbocycles. The van der Waals surface area contributed by atoms with Gasteiger partial charge in [-0.3, -0.25) is 24.4 Å². The van der Waals surface area contributed by atoms with Gasteiger partial charge < -0.3 is 84.2 Å². The fourth-order valence-corrected chi connectivity index (χ4v) is 8.68. The van der Waals surface area contributed by atoms with E-state index in [0.29, 0.717) is 132 Å². The van der Waals surface area contributed by atoms with Gasteiger partial charge in [-0.05, 0) is 67.8 Å². The lowest BCUT2D eigenvalue weighted by Crippen LogP contribution is -2.41. The molecule has 0 saturated heterocycles. The Morgan fingerprint density at radius 1 is 0.419 bits per heavy atom. The number of carboxylic acid groups (broad SMARTS) is 4. The van der Waals surface area contributed by atoms with Crippen molar-refractivity contribution in [3.05, 3.63) is 142 Å². The van der Waals surface area contributed by atoms with Crippen LogP contribution in [0, 0.1) is 0 Å². The molecule has 5 heterocycles. The van der Waals surface area contributed by atoms with Crippen LogP contribution in [0.5, 0.6) is 5.75 Å². The highest BCUT2D eigenvalue weighted by Crippen LogP contribution is 2.22. The first kappa shape index (κ1) is 75.6. The smallest absolute Gasteiger partial charge is 0.354 e. The second-order valence-corrected chi connectivity index (χ2v) is 20.6. The van der Waals surface area contributed by atoms with Gasteiger partial charge in [-0.1, -0.05) is 24.3 Å². The van der Waals surface area contributed by atoms with Gasteiger partial charge in [0.1, 0.15) is 35.1 Å². The molecule has 30 nitrogen and oxygen atoms in total. The molecule has 5 aromatic rings. The summed E-state index contributed by atoms with van der Waals surface area (Å²) in [6, 6.07) is 21.2. The molecule has 8 N–H and O–H groups in total. The highest BCUT2D eigenvalue weighted by Gasteiger charge is 2.20. The van der Waals surface area contributed by atoms with E-state index in [0.717, 1.165) is 0 Å². The maximum atomic E-state index is 12.5. The van der Waals surface area contributed by atoms with Crippen LogP contribution in [-0.4, -0.2) is 236 Å². The molecular weight excluding hydrogens is 1220 g/mol. The summed E-state index contributed by atoms with van der Waals surface area (Å²) in [7, 11) is 1.62. The van der Waals surface area contributed by atoms with Crippen LogP contribution in [0.4, 0.5) is 0 Å². The molecule has 0 radical (unpaired) electrons. The van der Waals surface area contributed by atoms with Gasteiger partial charge in [0.25, 0.3) is 0 Å². The van der Waals surface area contributed by atoms with Crippen molar-refractivity contribution < 1.29 is 96.6 Å². The summed E-state index contributed by atoms with van der Waals surface area (Å²) >= 11 is 0. The van der Waals surface area contributed by atoms with Crippen LogP contribution in [0.25, 0.3) is 0 Å². The second-order valence-electron chi connectivity index (χ2n) is 20.6. The minimum atomic E-state index is -1.21. The van der Waals surface area contributed by atoms with Crippen LogP contribution in [-0.2, 0) is 91.5 Å². The number of pyridine rings is 5. The van der Waals surface area contributed by atoms with Gasteiger partial charge in [0.2, 0.25) is 11.8 Å². The van der Waals surface area contributed by atoms with Crippen molar-refractivity contribution in [1.29, 1.82) is 0 Å². The van der Waals surface area contributed by atoms with E-state index >= 15 is 0 Å². The van der Waals surface area contributed by atoms with Crippen molar-refractivity contribution >= 4 is 35.7 Å². The van der Waals surface area contributed by atoms with Crippen molar-refractivity contribution in [2.45, 2.75) is 71.0 Å². The van der Waals surface area contributed by atoms with Gasteiger partial charge in [0, 0.05) is 78.0 Å². The average molecular weight is 1300 g/mol. The molecule has 0 aliphatic heterocycles. The Morgan fingerprint density at radius 3 is 1.14 bits per heavy atom. The third-order valence-electron chi connectivity index (χ3n) is 13.1. The largest absolute Gasteiger partial charge is 0.491 e. The molecule has 1 atom stereocenters. The first-order chi connectivity index (χ1) is 45.1. The zero-order chi connectivity index (χ0) is 66.7. The van der Waals surface area contributed by atoms with Gasteiger partial charge in [-0.25, -0.2) is 39.1 Å². The van der Waals surface area contributed by atoms with Crippen molar-refractivity contribution in [3.8, 4) is 5.75 Å². The number of ether oxygens (including phenoxy) is 10. The van der Waals surface area contributed by atoms with Crippen LogP contribution in [0.1, 0.15) is 102 Å². The van der Waals surface area contributed by atoms with E-state index in [9.17, 15) is 49.2 Å². The zero-order valence-electron chi connectivity index (χ0n) is 52.4. The summed E-state index contributed by atoms with van der Waals surface area (Å²) in [6.07, 6.45) is 1.98. The van der Waals surface area contributed by atoms with Gasteiger partial charge in [-0.15, -0.1) is 0 Å². The molecule has 0 fully saturated rings. The summed E-state index contributed by atoms with van der Waals surface area (Å²) in [4.78, 5) is 98.3. The topological polar surface area (TPSA) is 397 Å². The molecule has 0 spiro atoms. The highest BCUT2D eigenvalue weighted by atomic mass is 16.6. The van der Waals surface area contributed by atoms with Crippen molar-refractivity contribution in [2.24, 2.45) is 5.73 Å². The summed E-state index contributed by atoms with van der Waals surface area (Å²) in [5.41, 5.74) is 7.99. The number of carbonyl (C=O) groups excluding carboxylic acids is 2. The van der Waals surface area contributed by atoms with Crippen molar-refractivity contribution in [1.82, 2.24) is 45.4 Å². The van der Waals surface area contributed by atoms with Crippen molar-refractivity contribution in [3.63, 3.8) is 0 Å². The van der Waals surface area contributed by atoms with E-state index in [2.05, 4.69) is 30.6 Å². The summed E-state index contributed by atoms with van der Waals surface area (Å²) < 4.78 is 55.3. The Kier molecular flexibility index (Phi) is 36.8. The number of nitrogens with zero attached hydrogens (tertiary/aromatic N) is 7. The Hall–Kier alpha value is -8.11. The van der Waals surface area contributed by atoms with E-state index < -0.39 is 29.9 Å². The quantitative estimate of drug-likeness (QED) is 0.0275. The molecular formula is C63H86N10O20. The Labute approximate surface area is 539 Å². The fraction of sp³-hybridized carbons (Fsp3) is 0.508. The number of hydrogen-bond acceptors (Lipinski definition) is 24. The number of nitrogens with two attached hydrogens (primary N) is 1. The first-order valence-corrected chi connectivity index (χ1v) is 30.4. The standard InChI is InChI=1S/C63H86N10O20/c1-84-22-23-87-28-29-90-32-33-91-31-30-88-26-24-85-20-17-58(74)65-18-3-2-12-53(64)59(75)66-19-21-86-25-27-89-34-35-92-36-37-93-52-38-50(44-72(40-46-8-4-13-54(68-46)60(76)77)41-47-9-5-14-55(69-47)61(78)79)67-51(39-52)45-73(42-48-10-6-15-56(70-48)62(80)81)43-49-11-7-16-57(71-49)63(82)83/h4-11,13-16,38-39,53H,2-3,12,17-37,40-45,64H2,1H3,(H,65,74)(H,66,75)(H,76,77)(H,78,79)(H,80,81)(H,82,83). The predicted molar refractivity (Wildman–Crippen MR) is 331 cm³/mol. The Morgan fingerprint density at radius 2 is 0.763 bits per heavy atom. The normalized spacial score (nSPS) is 11.7. The average Bonchev–Trinajstić information content (AvgIpc) is 1.04. The third kappa shape index (κ3) is 32.8. The number of hydrogen-bond donors (Lipinski definition) is 7. The SMILES string of the molecule is COCCOCCOCCOCCOCCOCCC(=O)NCCCCC(N)C(=O)NCCOCCOCCOCCOc1cc(CN(Cc2cccc(C(=O)O)n2)Cc2cccc(C(=O)O)n2)nc(CN(Cc2cccc(C(=O)O)n2)Cc2cccc(C(=O)O)n2)c1. The number of nitrogens with one attached hydrogen (secondary N) is 2. The number of aromatic nitrogens is 5. The van der Waals surface area contributed by atoms with E-state index in [1.54, 1.807) is 67.8 Å². The molecule has 93 heavy (non-hydrogen) atoms. The van der Waals surface area contributed by atoms with Gasteiger partial charge in [-0.2, -0.15) is 0 Å². The Bertz CT molecular complexity index is 2780. The number of rotatable bonds is 53. The molecule has 508 valence electrons. The first-order valence-electron chi connectivity index (χ1n) is 30.4. The van der Waals surface area contributed by atoms with Crippen LogP contribution in [0.15, 0.2) is 84.9 Å². The van der Waals surface area contributed by atoms with E-state index in [1.807, 2.05) is 9.80 Å². The number of methoxy groups -OCH3 is 1. The Balaban J connectivity index is 1.02. The minimum absolute atomic E-state index is 0.0940. The van der Waals surface area contributed by atoms with Crippen LogP contribution >= 0.6 is 0 Å². The predicted octanol–water partition coefficient (Wildman–Crippen LogP) is 3.14. The van der Waals surface area contributed by atoms with Gasteiger partial charge in [0.05, 0.1) is 153 Å². The van der Waals surface area contributed by atoms with Gasteiger partial charge in [0.15, 0.2) is 0 Å². The number of unbranched alkanes of at least 4 members (excludes halogenated alkanes) is 1.